The highest BCUT2D eigenvalue weighted by Gasteiger charge is 2.58. The summed E-state index contributed by atoms with van der Waals surface area (Å²) in [5, 5.41) is 4.69. The van der Waals surface area contributed by atoms with E-state index in [4.69, 9.17) is 28.0 Å². The quantitative estimate of drug-likeness (QED) is 0.413. The third-order valence-corrected chi connectivity index (χ3v) is 8.04. The van der Waals surface area contributed by atoms with Crippen molar-refractivity contribution in [1.29, 1.82) is 0 Å². The summed E-state index contributed by atoms with van der Waals surface area (Å²) in [7, 11) is 0. The molecule has 2 aliphatic carbocycles. The number of amides is 1. The van der Waals surface area contributed by atoms with Gasteiger partial charge >= 0.3 is 0 Å². The smallest absolute Gasteiger partial charge is 0.253 e. The maximum absolute atomic E-state index is 13.6. The lowest BCUT2D eigenvalue weighted by molar-refractivity contribution is 0.0734. The molecule has 1 aromatic carbocycles. The first-order valence-corrected chi connectivity index (χ1v) is 12.2. The van der Waals surface area contributed by atoms with Gasteiger partial charge in [0.15, 0.2) is 11.3 Å². The zero-order valence-corrected chi connectivity index (χ0v) is 20.4. The molecular weight excluding hydrogens is 478 g/mol. The number of carbonyl (C=O) groups is 1. The number of aromatic nitrogens is 5. The average molecular weight is 505 g/mol. The van der Waals surface area contributed by atoms with Crippen molar-refractivity contribution in [3.8, 4) is 11.3 Å². The van der Waals surface area contributed by atoms with Crippen molar-refractivity contribution in [2.24, 2.45) is 5.73 Å². The average Bonchev–Trinajstić information content (AvgIpc) is 3.44. The maximum Gasteiger partial charge on any atom is 0.253 e. The molecule has 2 bridgehead atoms. The monoisotopic (exact) mass is 504 g/mol. The van der Waals surface area contributed by atoms with Gasteiger partial charge in [0.1, 0.15) is 5.82 Å². The first kappa shape index (κ1) is 19.4. The normalized spacial score (nSPS) is 28.7. The Morgan fingerprint density at radius 1 is 1.18 bits per heavy atom. The van der Waals surface area contributed by atoms with E-state index in [1.165, 1.54) is 0 Å². The van der Waals surface area contributed by atoms with E-state index in [9.17, 15) is 4.79 Å². The highest BCUT2D eigenvalue weighted by atomic mass is 16.2. The van der Waals surface area contributed by atoms with Gasteiger partial charge in [-0.3, -0.25) is 4.79 Å². The van der Waals surface area contributed by atoms with Gasteiger partial charge in [0.05, 0.1) is 42.4 Å². The first-order chi connectivity index (χ1) is 19.5. The van der Waals surface area contributed by atoms with E-state index in [1.807, 2.05) is 6.92 Å². The fraction of sp³-hybridized carbons (Fsp3) is 0.321. The van der Waals surface area contributed by atoms with Crippen LogP contribution in [0, 0.1) is 13.1 Å². The fourth-order valence-corrected chi connectivity index (χ4v) is 6.38. The third kappa shape index (κ3) is 2.92. The Labute approximate surface area is 223 Å². The van der Waals surface area contributed by atoms with Crippen LogP contribution in [-0.4, -0.2) is 47.9 Å². The molecule has 0 unspecified atom stereocenters. The van der Waals surface area contributed by atoms with Crippen LogP contribution in [0.2, 0.25) is 0 Å². The molecular formula is C28H23N9O. The molecule has 0 radical (unpaired) electrons. The third-order valence-electron chi connectivity index (χ3n) is 8.04. The Morgan fingerprint density at radius 2 is 1.97 bits per heavy atom. The van der Waals surface area contributed by atoms with Crippen molar-refractivity contribution < 1.29 is 8.91 Å². The van der Waals surface area contributed by atoms with E-state index in [1.54, 1.807) is 47.4 Å². The van der Waals surface area contributed by atoms with E-state index < -0.39 is 35.9 Å². The lowest BCUT2D eigenvalue weighted by Gasteiger charge is -2.43. The lowest BCUT2D eigenvalue weighted by atomic mass is 9.64. The van der Waals surface area contributed by atoms with Gasteiger partial charge < -0.3 is 15.5 Å². The van der Waals surface area contributed by atoms with Crippen LogP contribution in [0.25, 0.3) is 26.6 Å². The van der Waals surface area contributed by atoms with E-state index in [0.717, 1.165) is 4.90 Å². The Morgan fingerprint density at radius 3 is 2.68 bits per heavy atom. The van der Waals surface area contributed by atoms with Crippen LogP contribution in [0.1, 0.15) is 75.3 Å². The number of benzene rings is 1. The molecule has 1 aliphatic heterocycles. The summed E-state index contributed by atoms with van der Waals surface area (Å²) in [6, 6.07) is 5.81. The van der Waals surface area contributed by atoms with E-state index in [2.05, 4.69) is 24.8 Å². The van der Waals surface area contributed by atoms with Crippen LogP contribution >= 0.6 is 0 Å². The molecule has 1 saturated carbocycles. The van der Waals surface area contributed by atoms with Crippen molar-refractivity contribution >= 4 is 17.2 Å². The van der Waals surface area contributed by atoms with Gasteiger partial charge in [-0.05, 0) is 18.1 Å². The molecule has 0 saturated heterocycles. The second kappa shape index (κ2) is 7.44. The van der Waals surface area contributed by atoms with Gasteiger partial charge in [0, 0.05) is 59.2 Å². The van der Waals surface area contributed by atoms with Gasteiger partial charge in [0.25, 0.3) is 5.91 Å². The minimum Gasteiger partial charge on any atom is -0.333 e. The number of carbonyl (C=O) groups excluding carboxylic acids is 1. The molecule has 3 aliphatic rings. The minimum absolute atomic E-state index is 0.216. The summed E-state index contributed by atoms with van der Waals surface area (Å²) in [6.07, 6.45) is 6.32. The Bertz CT molecular complexity index is 1860. The molecule has 2 atom stereocenters. The molecule has 1 fully saturated rings. The number of fused-ring (bicyclic) bond motifs is 9. The predicted molar refractivity (Wildman–Crippen MR) is 138 cm³/mol. The fourth-order valence-electron chi connectivity index (χ4n) is 6.38. The molecule has 4 aromatic rings. The molecule has 10 nitrogen and oxygen atoms in total. The summed E-state index contributed by atoms with van der Waals surface area (Å²) < 4.78 is 26.1. The van der Waals surface area contributed by atoms with Gasteiger partial charge in [-0.1, -0.05) is 18.2 Å². The van der Waals surface area contributed by atoms with Crippen LogP contribution in [0.4, 0.5) is 5.69 Å². The van der Waals surface area contributed by atoms with Crippen LogP contribution in [0.3, 0.4) is 0 Å². The lowest BCUT2D eigenvalue weighted by Crippen LogP contribution is -2.57. The number of nitrogens with two attached hydrogens (primary N) is 1. The summed E-state index contributed by atoms with van der Waals surface area (Å²) in [6.45, 7) is 14.3. The molecule has 2 N–H and O–H groups in total. The Hall–Kier alpha value is -4.67. The predicted octanol–water partition coefficient (Wildman–Crippen LogP) is 4.03. The maximum atomic E-state index is 13.6. The molecule has 38 heavy (non-hydrogen) atoms. The SMILES string of the molecule is [2H]C([2H])([2H])N1C(=O)c2cccc([N+]#[C-])c2[C@H]2C[C@@H]1c1nn3ccc(-c4cnc(C5(N)CC(C)([N+]#[C-])C5)nc4)nc3c12. The van der Waals surface area contributed by atoms with E-state index in [0.29, 0.717) is 64.5 Å². The van der Waals surface area contributed by atoms with Crippen LogP contribution in [-0.2, 0) is 5.54 Å². The van der Waals surface area contributed by atoms with Gasteiger partial charge in [-0.2, -0.15) is 5.10 Å². The van der Waals surface area contributed by atoms with Crippen LogP contribution in [0.5, 0.6) is 0 Å². The van der Waals surface area contributed by atoms with E-state index in [-0.39, 0.29) is 5.56 Å². The second-order valence-electron chi connectivity index (χ2n) is 10.6. The van der Waals surface area contributed by atoms with Crippen molar-refractivity contribution in [2.75, 3.05) is 6.98 Å². The highest BCUT2D eigenvalue weighted by Crippen LogP contribution is 2.53. The molecule has 3 aromatic heterocycles. The summed E-state index contributed by atoms with van der Waals surface area (Å²) in [5.74, 6) is -0.582. The standard InChI is InChI=1S/C28H23N9O/c1-27(31-3)13-28(29,14-27)26-32-11-15(12-33-26)18-8-9-37-24(34-18)22-17-10-20(23(22)35-37)36(4)25(38)16-6-5-7-19(30-2)21(16)17/h5-9,11-12,17,20H,10,13-14,29H2,1,4H3/t17-,20-,27?,28?/m1/s1/i4D3. The van der Waals surface area contributed by atoms with Crippen LogP contribution in [0.15, 0.2) is 42.9 Å². The number of rotatable bonds is 2. The zero-order chi connectivity index (χ0) is 28.9. The Kier molecular flexibility index (Phi) is 3.80. The zero-order valence-electron chi connectivity index (χ0n) is 23.4. The second-order valence-corrected chi connectivity index (χ2v) is 10.6. The molecule has 10 heteroatoms. The van der Waals surface area contributed by atoms with Gasteiger partial charge in [-0.15, -0.1) is 0 Å². The van der Waals surface area contributed by atoms with E-state index >= 15 is 0 Å². The summed E-state index contributed by atoms with van der Waals surface area (Å²) >= 11 is 0. The molecule has 1 amide bonds. The number of hydrogen-bond donors (Lipinski definition) is 1. The molecule has 186 valence electrons. The van der Waals surface area contributed by atoms with Gasteiger partial charge in [0.2, 0.25) is 5.54 Å². The summed E-state index contributed by atoms with van der Waals surface area (Å²) in [5.41, 5.74) is 9.22. The van der Waals surface area contributed by atoms with Gasteiger partial charge in [-0.25, -0.2) is 30.9 Å². The molecule has 4 heterocycles. The summed E-state index contributed by atoms with van der Waals surface area (Å²) in [4.78, 5) is 35.7. The van der Waals surface area contributed by atoms with Crippen molar-refractivity contribution in [3.63, 3.8) is 0 Å². The Balaban J connectivity index is 1.34. The largest absolute Gasteiger partial charge is 0.333 e. The first-order valence-electron chi connectivity index (χ1n) is 13.7. The van der Waals surface area contributed by atoms with Crippen molar-refractivity contribution in [1.82, 2.24) is 29.5 Å². The highest BCUT2D eigenvalue weighted by molar-refractivity contribution is 5.99. The van der Waals surface area contributed by atoms with Crippen molar-refractivity contribution in [3.05, 3.63) is 93.9 Å². The topological polar surface area (TPSA) is 111 Å². The molecule has 7 rings (SSSR count). The molecule has 0 spiro atoms. The number of nitrogens with zero attached hydrogens (tertiary/aromatic N) is 8. The minimum atomic E-state index is -2.70. The van der Waals surface area contributed by atoms with Crippen LogP contribution < -0.4 is 5.73 Å². The number of hydrogen-bond acceptors (Lipinski definition) is 6. The van der Waals surface area contributed by atoms with Crippen molar-refractivity contribution in [2.45, 2.75) is 49.2 Å².